The molecular formula is C19H27N3O3. The molecule has 1 atom stereocenters. The normalized spacial score (nSPS) is 25.0. The second-order valence-electron chi connectivity index (χ2n) is 7.04. The van der Waals surface area contributed by atoms with Gasteiger partial charge < -0.3 is 15.7 Å². The van der Waals surface area contributed by atoms with E-state index in [9.17, 15) is 9.59 Å². The van der Waals surface area contributed by atoms with E-state index >= 15 is 0 Å². The number of rotatable bonds is 6. The number of aliphatic carboxylic acids is 1. The van der Waals surface area contributed by atoms with E-state index < -0.39 is 5.97 Å². The number of aryl methyl sites for hydroxylation is 1. The minimum absolute atomic E-state index is 0.0684. The van der Waals surface area contributed by atoms with E-state index in [4.69, 9.17) is 5.11 Å². The molecule has 2 aliphatic rings. The monoisotopic (exact) mass is 345 g/mol. The number of hydrogen-bond acceptors (Lipinski definition) is 3. The van der Waals surface area contributed by atoms with Crippen LogP contribution in [0.15, 0.2) is 24.3 Å². The Morgan fingerprint density at radius 2 is 2.00 bits per heavy atom. The van der Waals surface area contributed by atoms with Crippen LogP contribution >= 0.6 is 0 Å². The number of benzene rings is 1. The number of likely N-dealkylation sites (N-methyl/N-ethyl adjacent to an activating group) is 1. The molecule has 25 heavy (non-hydrogen) atoms. The van der Waals surface area contributed by atoms with Crippen LogP contribution in [0.2, 0.25) is 0 Å². The molecule has 6 nitrogen and oxygen atoms in total. The predicted molar refractivity (Wildman–Crippen MR) is 95.5 cm³/mol. The molecule has 0 heterocycles. The summed E-state index contributed by atoms with van der Waals surface area (Å²) in [4.78, 5) is 25.1. The van der Waals surface area contributed by atoms with Crippen molar-refractivity contribution in [1.29, 1.82) is 0 Å². The highest BCUT2D eigenvalue weighted by atomic mass is 16.4. The summed E-state index contributed by atoms with van der Waals surface area (Å²) in [5.41, 5.74) is 2.56. The van der Waals surface area contributed by atoms with Gasteiger partial charge in [0.25, 0.3) is 0 Å². The number of carboxylic acid groups (broad SMARTS) is 1. The second kappa shape index (κ2) is 7.87. The molecule has 0 aliphatic heterocycles. The lowest BCUT2D eigenvalue weighted by atomic mass is 9.85. The van der Waals surface area contributed by atoms with Gasteiger partial charge in [-0.2, -0.15) is 0 Å². The zero-order chi connectivity index (χ0) is 17.8. The molecule has 0 saturated heterocycles. The molecule has 2 aliphatic carbocycles. The number of carbonyl (C=O) groups is 2. The van der Waals surface area contributed by atoms with Gasteiger partial charge in [-0.1, -0.05) is 31.2 Å². The maximum Gasteiger partial charge on any atom is 0.317 e. The zero-order valence-corrected chi connectivity index (χ0v) is 14.7. The quantitative estimate of drug-likeness (QED) is 0.739. The number of hydrogen-bond donors (Lipinski definition) is 3. The van der Waals surface area contributed by atoms with Crippen LogP contribution < -0.4 is 10.6 Å². The fraction of sp³-hybridized carbons (Fsp3) is 0.579. The zero-order valence-electron chi connectivity index (χ0n) is 14.7. The fourth-order valence-electron chi connectivity index (χ4n) is 3.97. The first-order valence-corrected chi connectivity index (χ1v) is 9.17. The molecule has 1 fully saturated rings. The molecule has 3 rings (SSSR count). The van der Waals surface area contributed by atoms with E-state index in [0.29, 0.717) is 0 Å². The van der Waals surface area contributed by atoms with Gasteiger partial charge in [-0.05, 0) is 49.8 Å². The SMILES string of the molecule is CCN(CC(=O)O)C1CC(NC(=O)NC2CCCc3ccccc32)C1. The number of carboxylic acids is 1. The molecular weight excluding hydrogens is 318 g/mol. The Morgan fingerprint density at radius 3 is 2.72 bits per heavy atom. The lowest BCUT2D eigenvalue weighted by Crippen LogP contribution is -2.56. The fourth-order valence-corrected chi connectivity index (χ4v) is 3.97. The lowest BCUT2D eigenvalue weighted by Gasteiger charge is -2.42. The number of nitrogens with zero attached hydrogens (tertiary/aromatic N) is 1. The van der Waals surface area contributed by atoms with Gasteiger partial charge >= 0.3 is 12.0 Å². The van der Waals surface area contributed by atoms with Crippen LogP contribution in [0, 0.1) is 0 Å². The number of amides is 2. The van der Waals surface area contributed by atoms with Crippen molar-refractivity contribution in [3.05, 3.63) is 35.4 Å². The minimum atomic E-state index is -0.799. The van der Waals surface area contributed by atoms with Gasteiger partial charge in [0, 0.05) is 12.1 Å². The van der Waals surface area contributed by atoms with Gasteiger partial charge in [-0.15, -0.1) is 0 Å². The summed E-state index contributed by atoms with van der Waals surface area (Å²) in [6.07, 6.45) is 4.77. The highest BCUT2D eigenvalue weighted by Gasteiger charge is 2.35. The van der Waals surface area contributed by atoms with Gasteiger partial charge in [0.2, 0.25) is 0 Å². The third kappa shape index (κ3) is 4.31. The molecule has 1 saturated carbocycles. The van der Waals surface area contributed by atoms with Crippen molar-refractivity contribution in [2.45, 2.75) is 57.2 Å². The molecule has 2 amide bonds. The first-order valence-electron chi connectivity index (χ1n) is 9.17. The summed E-state index contributed by atoms with van der Waals surface area (Å²) >= 11 is 0. The Balaban J connectivity index is 1.46. The molecule has 1 aromatic carbocycles. The van der Waals surface area contributed by atoms with Crippen molar-refractivity contribution in [3.63, 3.8) is 0 Å². The van der Waals surface area contributed by atoms with Crippen LogP contribution in [0.1, 0.15) is 49.8 Å². The maximum atomic E-state index is 12.3. The van der Waals surface area contributed by atoms with Gasteiger partial charge in [-0.25, -0.2) is 4.79 Å². The van der Waals surface area contributed by atoms with Crippen LogP contribution in [0.5, 0.6) is 0 Å². The number of urea groups is 1. The number of fused-ring (bicyclic) bond motifs is 1. The summed E-state index contributed by atoms with van der Waals surface area (Å²) in [6, 6.07) is 8.66. The van der Waals surface area contributed by atoms with E-state index in [-0.39, 0.29) is 30.7 Å². The van der Waals surface area contributed by atoms with Gasteiger partial charge in [0.1, 0.15) is 0 Å². The van der Waals surface area contributed by atoms with Crippen molar-refractivity contribution in [2.75, 3.05) is 13.1 Å². The highest BCUT2D eigenvalue weighted by Crippen LogP contribution is 2.30. The summed E-state index contributed by atoms with van der Waals surface area (Å²) in [5, 5.41) is 15.1. The molecule has 0 bridgehead atoms. The van der Waals surface area contributed by atoms with Crippen LogP contribution in [0.3, 0.4) is 0 Å². The van der Waals surface area contributed by atoms with Crippen molar-refractivity contribution in [1.82, 2.24) is 15.5 Å². The molecule has 136 valence electrons. The summed E-state index contributed by atoms with van der Waals surface area (Å²) in [7, 11) is 0. The molecule has 1 aromatic rings. The van der Waals surface area contributed by atoms with Crippen molar-refractivity contribution in [2.24, 2.45) is 0 Å². The topological polar surface area (TPSA) is 81.7 Å². The largest absolute Gasteiger partial charge is 0.480 e. The smallest absolute Gasteiger partial charge is 0.317 e. The molecule has 0 aromatic heterocycles. The summed E-state index contributed by atoms with van der Waals surface area (Å²) in [6.45, 7) is 2.75. The molecule has 3 N–H and O–H groups in total. The van der Waals surface area contributed by atoms with Gasteiger partial charge in [0.15, 0.2) is 0 Å². The minimum Gasteiger partial charge on any atom is -0.480 e. The Kier molecular flexibility index (Phi) is 5.58. The average molecular weight is 345 g/mol. The van der Waals surface area contributed by atoms with Crippen LogP contribution in [-0.4, -0.2) is 47.2 Å². The van der Waals surface area contributed by atoms with E-state index in [1.165, 1.54) is 11.1 Å². The number of carbonyl (C=O) groups excluding carboxylic acids is 1. The van der Waals surface area contributed by atoms with Crippen LogP contribution in [0.4, 0.5) is 4.79 Å². The van der Waals surface area contributed by atoms with Gasteiger partial charge in [0.05, 0.1) is 12.6 Å². The van der Waals surface area contributed by atoms with Crippen molar-refractivity contribution < 1.29 is 14.7 Å². The highest BCUT2D eigenvalue weighted by molar-refractivity contribution is 5.75. The Hall–Kier alpha value is -2.08. The molecule has 1 unspecified atom stereocenters. The first-order chi connectivity index (χ1) is 12.1. The van der Waals surface area contributed by atoms with Crippen molar-refractivity contribution in [3.8, 4) is 0 Å². The number of nitrogens with one attached hydrogen (secondary N) is 2. The Bertz CT molecular complexity index is 628. The van der Waals surface area contributed by atoms with Crippen LogP contribution in [0.25, 0.3) is 0 Å². The van der Waals surface area contributed by atoms with Gasteiger partial charge in [-0.3, -0.25) is 9.69 Å². The molecule has 0 spiro atoms. The van der Waals surface area contributed by atoms with Crippen LogP contribution in [-0.2, 0) is 11.2 Å². The summed E-state index contributed by atoms with van der Waals surface area (Å²) < 4.78 is 0. The average Bonchev–Trinajstić information content (AvgIpc) is 2.56. The summed E-state index contributed by atoms with van der Waals surface area (Å²) in [5.74, 6) is -0.799. The van der Waals surface area contributed by atoms with E-state index in [1.807, 2.05) is 24.0 Å². The van der Waals surface area contributed by atoms with E-state index in [1.54, 1.807) is 0 Å². The predicted octanol–water partition coefficient (Wildman–Crippen LogP) is 2.30. The standard InChI is InChI=1S/C19H27N3O3/c1-2-22(12-18(23)24)15-10-14(11-15)20-19(25)21-17-9-5-7-13-6-3-4-8-16(13)17/h3-4,6,8,14-15,17H,2,5,7,9-12H2,1H3,(H,23,24)(H2,20,21,25). The Morgan fingerprint density at radius 1 is 1.24 bits per heavy atom. The Labute approximate surface area is 148 Å². The second-order valence-corrected chi connectivity index (χ2v) is 7.04. The maximum absolute atomic E-state index is 12.3. The molecule has 0 radical (unpaired) electrons. The third-order valence-electron chi connectivity index (χ3n) is 5.38. The third-order valence-corrected chi connectivity index (χ3v) is 5.38. The lowest BCUT2D eigenvalue weighted by molar-refractivity contribution is -0.139. The molecule has 6 heteroatoms. The first kappa shape index (κ1) is 17.7. The van der Waals surface area contributed by atoms with Crippen molar-refractivity contribution >= 4 is 12.0 Å². The van der Waals surface area contributed by atoms with E-state index in [0.717, 1.165) is 38.6 Å². The van der Waals surface area contributed by atoms with E-state index in [2.05, 4.69) is 22.8 Å².